The molecule has 6 nitrogen and oxygen atoms in total. The average molecular weight is 274 g/mol. The van der Waals surface area contributed by atoms with E-state index in [-0.39, 0.29) is 6.10 Å². The number of nitrogens with zero attached hydrogens (tertiary/aromatic N) is 2. The summed E-state index contributed by atoms with van der Waals surface area (Å²) in [7, 11) is 3.71. The monoisotopic (exact) mass is 274 g/mol. The number of hydrogen-bond donors (Lipinski definition) is 2. The highest BCUT2D eigenvalue weighted by atomic mass is 16.5. The molecule has 1 aliphatic heterocycles. The molecule has 20 heavy (non-hydrogen) atoms. The maximum Gasteiger partial charge on any atom is 0.162 e. The molecule has 3 N–H and O–H groups in total. The molecule has 0 bridgehead atoms. The number of nitrogens with two attached hydrogens (primary N) is 1. The normalized spacial score (nSPS) is 15.9. The number of nitrogens with one attached hydrogen (secondary N) is 1. The first-order valence-corrected chi connectivity index (χ1v) is 6.50. The molecule has 1 fully saturated rings. The Hall–Kier alpha value is -2.21. The Morgan fingerprint density at radius 1 is 1.35 bits per heavy atom. The van der Waals surface area contributed by atoms with Crippen LogP contribution in [0.2, 0.25) is 0 Å². The molecule has 0 unspecified atom stereocenters. The summed E-state index contributed by atoms with van der Waals surface area (Å²) in [5.74, 6) is 2.01. The van der Waals surface area contributed by atoms with E-state index in [1.54, 1.807) is 13.3 Å². The highest BCUT2D eigenvalue weighted by Gasteiger charge is 2.26. The zero-order chi connectivity index (χ0) is 14.1. The minimum Gasteiger partial charge on any atom is -0.493 e. The van der Waals surface area contributed by atoms with Gasteiger partial charge in [-0.05, 0) is 24.7 Å². The molecule has 0 radical (unpaired) electrons. The van der Waals surface area contributed by atoms with Gasteiger partial charge in [0.05, 0.1) is 13.3 Å². The van der Waals surface area contributed by atoms with Gasteiger partial charge in [0, 0.05) is 18.7 Å². The largest absolute Gasteiger partial charge is 0.493 e. The number of likely N-dealkylation sites (tertiary alicyclic amines) is 1. The Bertz CT molecular complexity index is 605. The molecular weight excluding hydrogens is 256 g/mol. The van der Waals surface area contributed by atoms with E-state index in [0.717, 1.165) is 35.7 Å². The number of likely N-dealkylation sites (N-methyl/N-ethyl adjacent to an activating group) is 1. The number of H-pyrrole nitrogens is 1. The molecule has 1 saturated heterocycles. The van der Waals surface area contributed by atoms with Crippen molar-refractivity contribution >= 4 is 5.82 Å². The maximum atomic E-state index is 5.98. The van der Waals surface area contributed by atoms with Crippen molar-refractivity contribution in [1.29, 1.82) is 0 Å². The number of aromatic nitrogens is 2. The van der Waals surface area contributed by atoms with Crippen molar-refractivity contribution in [3.8, 4) is 22.6 Å². The summed E-state index contributed by atoms with van der Waals surface area (Å²) in [5, 5.41) is 6.67. The summed E-state index contributed by atoms with van der Waals surface area (Å²) in [5.41, 5.74) is 7.68. The molecule has 0 atom stereocenters. The van der Waals surface area contributed by atoms with Crippen LogP contribution in [0.4, 0.5) is 5.82 Å². The van der Waals surface area contributed by atoms with Crippen molar-refractivity contribution in [2.24, 2.45) is 0 Å². The zero-order valence-corrected chi connectivity index (χ0v) is 11.6. The number of methoxy groups -OCH3 is 1. The van der Waals surface area contributed by atoms with Gasteiger partial charge in [-0.1, -0.05) is 6.07 Å². The average Bonchev–Trinajstić information content (AvgIpc) is 2.83. The summed E-state index contributed by atoms with van der Waals surface area (Å²) in [6, 6.07) is 5.78. The van der Waals surface area contributed by atoms with Gasteiger partial charge in [-0.2, -0.15) is 5.10 Å². The maximum absolute atomic E-state index is 5.98. The number of ether oxygens (including phenoxy) is 2. The first kappa shape index (κ1) is 12.8. The number of aromatic amines is 1. The van der Waals surface area contributed by atoms with Gasteiger partial charge in [-0.3, -0.25) is 10.00 Å². The lowest BCUT2D eigenvalue weighted by Crippen LogP contribution is -2.51. The molecule has 0 amide bonds. The summed E-state index contributed by atoms with van der Waals surface area (Å²) < 4.78 is 11.3. The van der Waals surface area contributed by atoms with Gasteiger partial charge in [-0.25, -0.2) is 0 Å². The van der Waals surface area contributed by atoms with Crippen LogP contribution >= 0.6 is 0 Å². The molecule has 3 rings (SSSR count). The summed E-state index contributed by atoms with van der Waals surface area (Å²) in [6.07, 6.45) is 1.92. The minimum atomic E-state index is 0.214. The second kappa shape index (κ2) is 5.05. The summed E-state index contributed by atoms with van der Waals surface area (Å²) in [4.78, 5) is 2.20. The molecular formula is C14H18N4O2. The SMILES string of the molecule is COc1ccc(-c2cn[nH]c2N)cc1OC1CN(C)C1. The molecule has 2 heterocycles. The van der Waals surface area contributed by atoms with Crippen LogP contribution in [0.3, 0.4) is 0 Å². The van der Waals surface area contributed by atoms with E-state index >= 15 is 0 Å². The van der Waals surface area contributed by atoms with Gasteiger partial charge >= 0.3 is 0 Å². The quantitative estimate of drug-likeness (QED) is 0.880. The Morgan fingerprint density at radius 2 is 2.15 bits per heavy atom. The Labute approximate surface area is 117 Å². The lowest BCUT2D eigenvalue weighted by atomic mass is 10.1. The second-order valence-electron chi connectivity index (χ2n) is 5.02. The standard InChI is InChI=1S/C14H18N4O2/c1-18-7-10(8-18)20-13-5-9(3-4-12(13)19-2)11-6-16-17-14(11)15/h3-6,10H,7-8H2,1-2H3,(H3,15,16,17). The van der Waals surface area contributed by atoms with Gasteiger partial charge in [0.25, 0.3) is 0 Å². The van der Waals surface area contributed by atoms with Crippen LogP contribution in [0.15, 0.2) is 24.4 Å². The van der Waals surface area contributed by atoms with Crippen molar-refractivity contribution in [2.45, 2.75) is 6.10 Å². The molecule has 0 saturated carbocycles. The number of rotatable bonds is 4. The van der Waals surface area contributed by atoms with E-state index < -0.39 is 0 Å². The molecule has 0 aliphatic carbocycles. The first-order valence-electron chi connectivity index (χ1n) is 6.50. The third kappa shape index (κ3) is 2.30. The van der Waals surface area contributed by atoms with Crippen molar-refractivity contribution in [3.63, 3.8) is 0 Å². The number of hydrogen-bond acceptors (Lipinski definition) is 5. The highest BCUT2D eigenvalue weighted by molar-refractivity contribution is 5.75. The fourth-order valence-electron chi connectivity index (χ4n) is 2.36. The van der Waals surface area contributed by atoms with Crippen LogP contribution in [0.1, 0.15) is 0 Å². The summed E-state index contributed by atoms with van der Waals surface area (Å²) in [6.45, 7) is 1.86. The van der Waals surface area contributed by atoms with Gasteiger partial charge in [0.1, 0.15) is 11.9 Å². The molecule has 0 spiro atoms. The third-order valence-corrected chi connectivity index (χ3v) is 3.47. The highest BCUT2D eigenvalue weighted by Crippen LogP contribution is 2.35. The van der Waals surface area contributed by atoms with E-state index in [1.807, 2.05) is 18.2 Å². The predicted octanol–water partition coefficient (Wildman–Crippen LogP) is 1.36. The fourth-order valence-corrected chi connectivity index (χ4v) is 2.36. The fraction of sp³-hybridized carbons (Fsp3) is 0.357. The van der Waals surface area contributed by atoms with E-state index in [1.165, 1.54) is 0 Å². The van der Waals surface area contributed by atoms with Gasteiger partial charge in [0.2, 0.25) is 0 Å². The van der Waals surface area contributed by atoms with E-state index in [4.69, 9.17) is 15.2 Å². The zero-order valence-electron chi connectivity index (χ0n) is 11.6. The first-order chi connectivity index (χ1) is 9.67. The van der Waals surface area contributed by atoms with Crippen molar-refractivity contribution in [1.82, 2.24) is 15.1 Å². The molecule has 2 aromatic rings. The van der Waals surface area contributed by atoms with Crippen LogP contribution < -0.4 is 15.2 Å². The van der Waals surface area contributed by atoms with Crippen LogP contribution in [0.5, 0.6) is 11.5 Å². The van der Waals surface area contributed by atoms with E-state index in [0.29, 0.717) is 5.82 Å². The van der Waals surface area contributed by atoms with Crippen molar-refractivity contribution in [3.05, 3.63) is 24.4 Å². The minimum absolute atomic E-state index is 0.214. The van der Waals surface area contributed by atoms with Crippen LogP contribution in [0, 0.1) is 0 Å². The smallest absolute Gasteiger partial charge is 0.162 e. The lowest BCUT2D eigenvalue weighted by molar-refractivity contribution is 0.0370. The predicted molar refractivity (Wildman–Crippen MR) is 76.9 cm³/mol. The molecule has 6 heteroatoms. The number of anilines is 1. The topological polar surface area (TPSA) is 76.4 Å². The van der Waals surface area contributed by atoms with Gasteiger partial charge < -0.3 is 15.2 Å². The Balaban J connectivity index is 1.89. The van der Waals surface area contributed by atoms with Gasteiger partial charge in [-0.15, -0.1) is 0 Å². The van der Waals surface area contributed by atoms with E-state index in [2.05, 4.69) is 22.1 Å². The molecule has 106 valence electrons. The Kier molecular flexibility index (Phi) is 3.23. The number of nitrogen functional groups attached to an aromatic ring is 1. The van der Waals surface area contributed by atoms with Crippen molar-refractivity contribution in [2.75, 3.05) is 33.0 Å². The molecule has 1 aliphatic rings. The Morgan fingerprint density at radius 3 is 2.75 bits per heavy atom. The van der Waals surface area contributed by atoms with E-state index in [9.17, 15) is 0 Å². The third-order valence-electron chi connectivity index (χ3n) is 3.47. The molecule has 1 aromatic heterocycles. The van der Waals surface area contributed by atoms with Crippen molar-refractivity contribution < 1.29 is 9.47 Å². The summed E-state index contributed by atoms with van der Waals surface area (Å²) >= 11 is 0. The van der Waals surface area contributed by atoms with Crippen LogP contribution in [0.25, 0.3) is 11.1 Å². The number of benzene rings is 1. The second-order valence-corrected chi connectivity index (χ2v) is 5.02. The lowest BCUT2D eigenvalue weighted by Gasteiger charge is -2.36. The van der Waals surface area contributed by atoms with Crippen LogP contribution in [-0.2, 0) is 0 Å². The van der Waals surface area contributed by atoms with Crippen LogP contribution in [-0.4, -0.2) is 48.4 Å². The van der Waals surface area contributed by atoms with Gasteiger partial charge in [0.15, 0.2) is 11.5 Å². The molecule has 1 aromatic carbocycles.